The Morgan fingerprint density at radius 1 is 1.27 bits per heavy atom. The molecule has 2 amide bonds. The molecule has 22 heavy (non-hydrogen) atoms. The summed E-state index contributed by atoms with van der Waals surface area (Å²) in [6.07, 6.45) is 6.81. The van der Waals surface area contributed by atoms with Crippen LogP contribution in [0.15, 0.2) is 0 Å². The van der Waals surface area contributed by atoms with Crippen LogP contribution in [0.2, 0.25) is 0 Å². The minimum atomic E-state index is -0.0175. The third-order valence-corrected chi connectivity index (χ3v) is 4.56. The molecule has 0 spiro atoms. The van der Waals surface area contributed by atoms with Crippen molar-refractivity contribution in [3.8, 4) is 0 Å². The first-order valence-electron chi connectivity index (χ1n) is 8.49. The van der Waals surface area contributed by atoms with Gasteiger partial charge in [-0.3, -0.25) is 9.59 Å². The molecule has 0 aromatic carbocycles. The number of hydrogen-bond acceptors (Lipinski definition) is 3. The van der Waals surface area contributed by atoms with E-state index in [0.29, 0.717) is 19.0 Å². The number of nitrogens with one attached hydrogen (secondary N) is 2. The van der Waals surface area contributed by atoms with Crippen LogP contribution < -0.4 is 10.6 Å². The molecule has 2 rings (SSSR count). The Bertz CT molecular complexity index is 359. The van der Waals surface area contributed by atoms with Gasteiger partial charge in [-0.1, -0.05) is 13.3 Å². The summed E-state index contributed by atoms with van der Waals surface area (Å²) in [6.45, 7) is 5.31. The standard InChI is InChI=1S/C16H29N3O2.ClH/c1-2-3-8-18-16(21)13-6-5-10-19(12-13)15(20)11-14-7-4-9-17-14;/h13-14,17H,2-12H2,1H3,(H,18,21);1H. The molecule has 2 heterocycles. The Morgan fingerprint density at radius 2 is 2.09 bits per heavy atom. The van der Waals surface area contributed by atoms with Crippen LogP contribution in [0.25, 0.3) is 0 Å². The normalized spacial score (nSPS) is 24.7. The SMILES string of the molecule is CCCCNC(=O)C1CCCN(C(=O)CC2CCCN2)C1.Cl. The lowest BCUT2D eigenvalue weighted by Gasteiger charge is -2.32. The van der Waals surface area contributed by atoms with Gasteiger partial charge in [-0.05, 0) is 38.6 Å². The minimum absolute atomic E-state index is 0. The lowest BCUT2D eigenvalue weighted by molar-refractivity contribution is -0.136. The molecule has 2 unspecified atom stereocenters. The number of hydrogen-bond donors (Lipinski definition) is 2. The van der Waals surface area contributed by atoms with E-state index in [-0.39, 0.29) is 30.1 Å². The van der Waals surface area contributed by atoms with Gasteiger partial charge < -0.3 is 15.5 Å². The highest BCUT2D eigenvalue weighted by molar-refractivity contribution is 5.85. The molecule has 2 N–H and O–H groups in total. The quantitative estimate of drug-likeness (QED) is 0.728. The van der Waals surface area contributed by atoms with E-state index >= 15 is 0 Å². The highest BCUT2D eigenvalue weighted by Crippen LogP contribution is 2.19. The van der Waals surface area contributed by atoms with Crippen molar-refractivity contribution in [2.45, 2.75) is 57.9 Å². The van der Waals surface area contributed by atoms with E-state index in [1.807, 2.05) is 4.90 Å². The molecule has 2 aliphatic rings. The first-order chi connectivity index (χ1) is 10.2. The molecule has 0 radical (unpaired) electrons. The maximum atomic E-state index is 12.3. The Balaban J connectivity index is 0.00000242. The van der Waals surface area contributed by atoms with Gasteiger partial charge in [0.15, 0.2) is 0 Å². The number of unbranched alkanes of at least 4 members (excludes halogenated alkanes) is 1. The average molecular weight is 332 g/mol. The summed E-state index contributed by atoms with van der Waals surface area (Å²) in [6, 6.07) is 0.344. The number of likely N-dealkylation sites (tertiary alicyclic amines) is 1. The topological polar surface area (TPSA) is 61.4 Å². The molecule has 0 aliphatic carbocycles. The van der Waals surface area contributed by atoms with Gasteiger partial charge in [0.25, 0.3) is 0 Å². The number of rotatable bonds is 6. The zero-order valence-electron chi connectivity index (χ0n) is 13.6. The van der Waals surface area contributed by atoms with Gasteiger partial charge in [0.1, 0.15) is 0 Å². The van der Waals surface area contributed by atoms with E-state index in [4.69, 9.17) is 0 Å². The largest absolute Gasteiger partial charge is 0.356 e. The van der Waals surface area contributed by atoms with Crippen molar-refractivity contribution in [1.29, 1.82) is 0 Å². The van der Waals surface area contributed by atoms with Gasteiger partial charge in [-0.25, -0.2) is 0 Å². The zero-order chi connectivity index (χ0) is 15.1. The lowest BCUT2D eigenvalue weighted by Crippen LogP contribution is -2.46. The first-order valence-corrected chi connectivity index (χ1v) is 8.49. The van der Waals surface area contributed by atoms with Crippen molar-refractivity contribution in [2.75, 3.05) is 26.2 Å². The second-order valence-corrected chi connectivity index (χ2v) is 6.32. The molecule has 128 valence electrons. The maximum Gasteiger partial charge on any atom is 0.224 e. The average Bonchev–Trinajstić information content (AvgIpc) is 3.00. The van der Waals surface area contributed by atoms with Gasteiger partial charge in [0.05, 0.1) is 5.92 Å². The number of piperidine rings is 1. The molecule has 2 fully saturated rings. The van der Waals surface area contributed by atoms with Crippen molar-refractivity contribution >= 4 is 24.2 Å². The van der Waals surface area contributed by atoms with Gasteiger partial charge in [-0.2, -0.15) is 0 Å². The molecule has 0 bridgehead atoms. The molecule has 6 heteroatoms. The Hall–Kier alpha value is -0.810. The number of nitrogens with zero attached hydrogens (tertiary/aromatic N) is 1. The van der Waals surface area contributed by atoms with Gasteiger partial charge in [0.2, 0.25) is 11.8 Å². The van der Waals surface area contributed by atoms with E-state index in [1.54, 1.807) is 0 Å². The second-order valence-electron chi connectivity index (χ2n) is 6.32. The van der Waals surface area contributed by atoms with E-state index in [2.05, 4.69) is 17.6 Å². The fraction of sp³-hybridized carbons (Fsp3) is 0.875. The molecule has 2 aliphatic heterocycles. The molecule has 0 aromatic rings. The van der Waals surface area contributed by atoms with Crippen LogP contribution in [0.5, 0.6) is 0 Å². The maximum absolute atomic E-state index is 12.3. The van der Waals surface area contributed by atoms with Crippen LogP contribution in [0.4, 0.5) is 0 Å². The Labute approximate surface area is 140 Å². The smallest absolute Gasteiger partial charge is 0.224 e. The van der Waals surface area contributed by atoms with E-state index in [9.17, 15) is 9.59 Å². The van der Waals surface area contributed by atoms with Crippen LogP contribution in [0, 0.1) is 5.92 Å². The summed E-state index contributed by atoms with van der Waals surface area (Å²) < 4.78 is 0. The van der Waals surface area contributed by atoms with Crippen molar-refractivity contribution in [3.05, 3.63) is 0 Å². The first kappa shape index (κ1) is 19.2. The highest BCUT2D eigenvalue weighted by atomic mass is 35.5. The molecular formula is C16H30ClN3O2. The lowest BCUT2D eigenvalue weighted by atomic mass is 9.96. The number of amides is 2. The summed E-state index contributed by atoms with van der Waals surface area (Å²) in [5, 5.41) is 6.36. The van der Waals surface area contributed by atoms with Gasteiger partial charge in [0, 0.05) is 32.1 Å². The predicted molar refractivity (Wildman–Crippen MR) is 90.1 cm³/mol. The third kappa shape index (κ3) is 5.76. The van der Waals surface area contributed by atoms with Crippen molar-refractivity contribution in [1.82, 2.24) is 15.5 Å². The molecule has 0 aromatic heterocycles. The van der Waals surface area contributed by atoms with E-state index in [0.717, 1.165) is 51.7 Å². The minimum Gasteiger partial charge on any atom is -0.356 e. The predicted octanol–water partition coefficient (Wildman–Crippen LogP) is 1.71. The number of halogens is 1. The van der Waals surface area contributed by atoms with Crippen LogP contribution >= 0.6 is 12.4 Å². The van der Waals surface area contributed by atoms with Crippen molar-refractivity contribution in [2.24, 2.45) is 5.92 Å². The second kappa shape index (κ2) is 10.1. The van der Waals surface area contributed by atoms with Crippen molar-refractivity contribution in [3.63, 3.8) is 0 Å². The third-order valence-electron chi connectivity index (χ3n) is 4.56. The number of carbonyl (C=O) groups excluding carboxylic acids is 2. The molecule has 2 atom stereocenters. The summed E-state index contributed by atoms with van der Waals surface area (Å²) in [7, 11) is 0. The summed E-state index contributed by atoms with van der Waals surface area (Å²) >= 11 is 0. The highest BCUT2D eigenvalue weighted by Gasteiger charge is 2.29. The summed E-state index contributed by atoms with van der Waals surface area (Å²) in [5.74, 6) is 0.316. The monoisotopic (exact) mass is 331 g/mol. The van der Waals surface area contributed by atoms with Gasteiger partial charge in [-0.15, -0.1) is 12.4 Å². The van der Waals surface area contributed by atoms with Crippen LogP contribution in [0.3, 0.4) is 0 Å². The number of carbonyl (C=O) groups is 2. The molecule has 2 saturated heterocycles. The molecule has 5 nitrogen and oxygen atoms in total. The molecular weight excluding hydrogens is 302 g/mol. The molecule has 0 saturated carbocycles. The summed E-state index contributed by atoms with van der Waals surface area (Å²) in [5.41, 5.74) is 0. The van der Waals surface area contributed by atoms with E-state index in [1.165, 1.54) is 6.42 Å². The summed E-state index contributed by atoms with van der Waals surface area (Å²) in [4.78, 5) is 26.4. The fourth-order valence-electron chi connectivity index (χ4n) is 3.22. The Kier molecular flexibility index (Phi) is 8.79. The van der Waals surface area contributed by atoms with Crippen LogP contribution in [-0.4, -0.2) is 48.9 Å². The zero-order valence-corrected chi connectivity index (χ0v) is 14.4. The van der Waals surface area contributed by atoms with Crippen LogP contribution in [-0.2, 0) is 9.59 Å². The Morgan fingerprint density at radius 3 is 2.77 bits per heavy atom. The van der Waals surface area contributed by atoms with E-state index < -0.39 is 0 Å². The van der Waals surface area contributed by atoms with Crippen molar-refractivity contribution < 1.29 is 9.59 Å². The van der Waals surface area contributed by atoms with Gasteiger partial charge >= 0.3 is 0 Å². The van der Waals surface area contributed by atoms with Crippen LogP contribution in [0.1, 0.15) is 51.9 Å². The fourth-order valence-corrected chi connectivity index (χ4v) is 3.22.